The largest absolute Gasteiger partial charge is 0.371 e. The van der Waals surface area contributed by atoms with Gasteiger partial charge in [-0.05, 0) is 69.7 Å². The Morgan fingerprint density at radius 3 is 2.53 bits per heavy atom. The van der Waals surface area contributed by atoms with Crippen molar-refractivity contribution in [3.63, 3.8) is 0 Å². The molecular formula is C27H32FN5O. The van der Waals surface area contributed by atoms with Crippen molar-refractivity contribution < 1.29 is 9.18 Å². The van der Waals surface area contributed by atoms with E-state index in [1.54, 1.807) is 6.07 Å². The number of hydrogen-bond donors (Lipinski definition) is 0. The number of likely N-dealkylation sites (tertiary alicyclic amines) is 1. The number of rotatable bonds is 4. The highest BCUT2D eigenvalue weighted by Gasteiger charge is 2.31. The van der Waals surface area contributed by atoms with Gasteiger partial charge in [0.15, 0.2) is 5.65 Å². The number of carbonyl (C=O) groups is 1. The Bertz CT molecular complexity index is 1230. The molecule has 3 aromatic rings. The number of anilines is 1. The first-order valence-corrected chi connectivity index (χ1v) is 12.8. The number of benzene rings is 1. The van der Waals surface area contributed by atoms with Gasteiger partial charge in [-0.25, -0.2) is 13.9 Å². The van der Waals surface area contributed by atoms with E-state index >= 15 is 4.39 Å². The maximum Gasteiger partial charge on any atom is 0.272 e. The van der Waals surface area contributed by atoms with Gasteiger partial charge in [0, 0.05) is 54.6 Å². The lowest BCUT2D eigenvalue weighted by Crippen LogP contribution is -2.38. The molecule has 0 unspecified atom stereocenters. The Labute approximate surface area is 199 Å². The van der Waals surface area contributed by atoms with E-state index in [1.807, 2.05) is 33.7 Å². The molecule has 0 spiro atoms. The fourth-order valence-electron chi connectivity index (χ4n) is 5.52. The average molecular weight is 462 g/mol. The highest BCUT2D eigenvalue weighted by Crippen LogP contribution is 2.41. The van der Waals surface area contributed by atoms with Crippen molar-refractivity contribution in [3.8, 4) is 11.3 Å². The van der Waals surface area contributed by atoms with Crippen LogP contribution < -0.4 is 4.90 Å². The van der Waals surface area contributed by atoms with E-state index < -0.39 is 0 Å². The van der Waals surface area contributed by atoms with Gasteiger partial charge in [0.25, 0.3) is 5.91 Å². The lowest BCUT2D eigenvalue weighted by atomic mass is 10.1. The number of amides is 1. The van der Waals surface area contributed by atoms with Gasteiger partial charge in [-0.3, -0.25) is 4.79 Å². The zero-order valence-electron chi connectivity index (χ0n) is 19.8. The molecule has 4 heterocycles. The second-order valence-electron chi connectivity index (χ2n) is 10.2. The molecule has 2 aromatic heterocycles. The van der Waals surface area contributed by atoms with Crippen LogP contribution in [0.5, 0.6) is 0 Å². The zero-order chi connectivity index (χ0) is 23.2. The molecule has 6 rings (SSSR count). The molecular weight excluding hydrogens is 429 g/mol. The number of fused-ring (bicyclic) bond motifs is 1. The van der Waals surface area contributed by atoms with Gasteiger partial charge in [0.2, 0.25) is 0 Å². The summed E-state index contributed by atoms with van der Waals surface area (Å²) in [6.45, 7) is 4.88. The number of halogens is 1. The van der Waals surface area contributed by atoms with Gasteiger partial charge in [-0.15, -0.1) is 0 Å². The minimum absolute atomic E-state index is 0.00250. The van der Waals surface area contributed by atoms with E-state index in [0.29, 0.717) is 28.5 Å². The first kappa shape index (κ1) is 21.6. The summed E-state index contributed by atoms with van der Waals surface area (Å²) in [6, 6.07) is 9.40. The molecule has 178 valence electrons. The number of hydrogen-bond acceptors (Lipinski definition) is 4. The van der Waals surface area contributed by atoms with Crippen LogP contribution in [0.3, 0.4) is 0 Å². The van der Waals surface area contributed by atoms with Crippen molar-refractivity contribution in [2.24, 2.45) is 0 Å². The highest BCUT2D eigenvalue weighted by molar-refractivity contribution is 5.93. The zero-order valence-corrected chi connectivity index (χ0v) is 19.8. The third-order valence-corrected chi connectivity index (χ3v) is 7.68. The third-order valence-electron chi connectivity index (χ3n) is 7.68. The van der Waals surface area contributed by atoms with Crippen LogP contribution in [0.4, 0.5) is 10.1 Å². The van der Waals surface area contributed by atoms with Crippen LogP contribution >= 0.6 is 0 Å². The Morgan fingerprint density at radius 2 is 1.76 bits per heavy atom. The van der Waals surface area contributed by atoms with Crippen molar-refractivity contribution in [1.82, 2.24) is 19.5 Å². The minimum Gasteiger partial charge on any atom is -0.371 e. The highest BCUT2D eigenvalue weighted by atomic mass is 19.1. The van der Waals surface area contributed by atoms with E-state index in [4.69, 9.17) is 10.1 Å². The topological polar surface area (TPSA) is 53.7 Å². The Morgan fingerprint density at radius 1 is 0.971 bits per heavy atom. The molecule has 6 nitrogen and oxygen atoms in total. The molecule has 2 saturated heterocycles. The molecule has 0 bridgehead atoms. The molecule has 3 fully saturated rings. The summed E-state index contributed by atoms with van der Waals surface area (Å²) in [5.41, 5.74) is 4.08. The van der Waals surface area contributed by atoms with Crippen LogP contribution in [0.15, 0.2) is 30.3 Å². The minimum atomic E-state index is -0.268. The Kier molecular flexibility index (Phi) is 5.50. The maximum absolute atomic E-state index is 15.2. The van der Waals surface area contributed by atoms with E-state index in [2.05, 4.69) is 11.8 Å². The summed E-state index contributed by atoms with van der Waals surface area (Å²) in [4.78, 5) is 22.4. The molecule has 2 aliphatic heterocycles. The Balaban J connectivity index is 1.37. The van der Waals surface area contributed by atoms with Gasteiger partial charge >= 0.3 is 0 Å². The van der Waals surface area contributed by atoms with Gasteiger partial charge in [-0.1, -0.05) is 12.8 Å². The van der Waals surface area contributed by atoms with Crippen molar-refractivity contribution in [1.29, 1.82) is 0 Å². The van der Waals surface area contributed by atoms with Crippen LogP contribution in [-0.2, 0) is 0 Å². The van der Waals surface area contributed by atoms with Crippen molar-refractivity contribution in [2.75, 3.05) is 24.5 Å². The smallest absolute Gasteiger partial charge is 0.272 e. The monoisotopic (exact) mass is 461 g/mol. The van der Waals surface area contributed by atoms with Crippen LogP contribution in [0.2, 0.25) is 0 Å². The normalized spacial score (nSPS) is 21.3. The molecule has 1 aliphatic carbocycles. The van der Waals surface area contributed by atoms with E-state index in [9.17, 15) is 4.79 Å². The fraction of sp³-hybridized carbons (Fsp3) is 0.519. The van der Waals surface area contributed by atoms with E-state index in [1.165, 1.54) is 12.8 Å². The second-order valence-corrected chi connectivity index (χ2v) is 10.2. The summed E-state index contributed by atoms with van der Waals surface area (Å²) < 4.78 is 17.0. The van der Waals surface area contributed by atoms with Crippen molar-refractivity contribution >= 4 is 17.2 Å². The predicted molar refractivity (Wildman–Crippen MR) is 131 cm³/mol. The molecule has 34 heavy (non-hydrogen) atoms. The number of aromatic nitrogens is 3. The summed E-state index contributed by atoms with van der Waals surface area (Å²) in [5, 5.41) is 4.75. The third kappa shape index (κ3) is 3.95. The fourth-order valence-corrected chi connectivity index (χ4v) is 5.52. The lowest BCUT2D eigenvalue weighted by Gasteiger charge is -2.27. The summed E-state index contributed by atoms with van der Waals surface area (Å²) >= 11 is 0. The van der Waals surface area contributed by atoms with Crippen LogP contribution in [0.25, 0.3) is 16.9 Å². The first-order chi connectivity index (χ1) is 16.6. The summed E-state index contributed by atoms with van der Waals surface area (Å²) in [6.07, 6.45) is 8.89. The Hall–Kier alpha value is -2.96. The van der Waals surface area contributed by atoms with Gasteiger partial charge in [0.1, 0.15) is 11.5 Å². The van der Waals surface area contributed by atoms with Crippen molar-refractivity contribution in [2.45, 2.75) is 70.3 Å². The first-order valence-electron chi connectivity index (χ1n) is 12.8. The molecule has 1 atom stereocenters. The molecule has 1 saturated carbocycles. The predicted octanol–water partition coefficient (Wildman–Crippen LogP) is 5.42. The molecule has 3 aliphatic rings. The molecule has 0 N–H and O–H groups in total. The van der Waals surface area contributed by atoms with Crippen LogP contribution in [0.1, 0.15) is 80.4 Å². The van der Waals surface area contributed by atoms with Crippen LogP contribution in [-0.4, -0.2) is 51.1 Å². The SMILES string of the molecule is C[C@@H]1CCCCCN1C(=O)c1cc(C2CC2)n2nc(-c3ccc(N4CCCC4)cc3F)cc2n1. The second kappa shape index (κ2) is 8.67. The van der Waals surface area contributed by atoms with E-state index in [0.717, 1.165) is 69.5 Å². The van der Waals surface area contributed by atoms with Crippen molar-refractivity contribution in [3.05, 3.63) is 47.5 Å². The lowest BCUT2D eigenvalue weighted by molar-refractivity contribution is 0.0692. The molecule has 1 aromatic carbocycles. The summed E-state index contributed by atoms with van der Waals surface area (Å²) in [7, 11) is 0. The van der Waals surface area contributed by atoms with E-state index in [-0.39, 0.29) is 17.8 Å². The molecule has 7 heteroatoms. The summed E-state index contributed by atoms with van der Waals surface area (Å²) in [5.74, 6) is 0.118. The molecule has 1 amide bonds. The maximum atomic E-state index is 15.2. The number of carbonyl (C=O) groups excluding carboxylic acids is 1. The quantitative estimate of drug-likeness (QED) is 0.521. The van der Waals surface area contributed by atoms with Gasteiger partial charge in [0.05, 0.1) is 5.69 Å². The van der Waals surface area contributed by atoms with Gasteiger partial charge in [-0.2, -0.15) is 5.10 Å². The average Bonchev–Trinajstić information content (AvgIpc) is 3.43. The standard InChI is InChI=1S/C27H32FN5O/c1-18-7-3-2-4-14-32(18)27(34)24-16-25(19-8-9-19)33-26(29-24)17-23(30-33)21-11-10-20(15-22(21)28)31-12-5-6-13-31/h10-11,15-19H,2-9,12-14H2,1H3/t18-/m1/s1. The van der Waals surface area contributed by atoms with Gasteiger partial charge < -0.3 is 9.80 Å². The van der Waals surface area contributed by atoms with Crippen LogP contribution in [0, 0.1) is 5.82 Å². The molecule has 0 radical (unpaired) electrons. The number of nitrogens with zero attached hydrogens (tertiary/aromatic N) is 5.